The molecule has 2 heterocycles. The van der Waals surface area contributed by atoms with Crippen LogP contribution in [0.15, 0.2) is 6.20 Å². The summed E-state index contributed by atoms with van der Waals surface area (Å²) in [7, 11) is 1.73. The number of tetrazole rings is 1. The van der Waals surface area contributed by atoms with Crippen molar-refractivity contribution in [1.29, 1.82) is 0 Å². The minimum atomic E-state index is 0.432. The fourth-order valence-corrected chi connectivity index (χ4v) is 1.34. The summed E-state index contributed by atoms with van der Waals surface area (Å²) in [5, 5.41) is 23.1. The third-order valence-corrected chi connectivity index (χ3v) is 2.13. The van der Waals surface area contributed by atoms with Gasteiger partial charge in [0, 0.05) is 12.6 Å². The lowest BCUT2D eigenvalue weighted by Gasteiger charge is -2.03. The zero-order valence-corrected chi connectivity index (χ0v) is 10.2. The fourth-order valence-electron chi connectivity index (χ4n) is 1.34. The molecule has 0 aliphatic carbocycles. The van der Waals surface area contributed by atoms with Crippen LogP contribution in [0.25, 0.3) is 0 Å². The molecular formula is C9H16N8. The molecule has 0 spiro atoms. The van der Waals surface area contributed by atoms with Gasteiger partial charge < -0.3 is 5.32 Å². The number of nitrogens with one attached hydrogen (secondary N) is 1. The van der Waals surface area contributed by atoms with E-state index in [9.17, 15) is 0 Å². The summed E-state index contributed by atoms with van der Waals surface area (Å²) >= 11 is 0. The number of hydrogen-bond acceptors (Lipinski definition) is 6. The molecule has 92 valence electrons. The molecule has 2 aromatic heterocycles. The summed E-state index contributed by atoms with van der Waals surface area (Å²) in [6.45, 7) is 5.38. The zero-order chi connectivity index (χ0) is 12.3. The second kappa shape index (κ2) is 5.00. The van der Waals surface area contributed by atoms with Crippen molar-refractivity contribution in [3.8, 4) is 0 Å². The Morgan fingerprint density at radius 1 is 1.29 bits per heavy atom. The molecule has 2 rings (SSSR count). The van der Waals surface area contributed by atoms with E-state index in [1.165, 1.54) is 4.80 Å². The molecule has 0 saturated carbocycles. The molecule has 0 fully saturated rings. The summed E-state index contributed by atoms with van der Waals surface area (Å²) in [6.07, 6.45) is 1.88. The van der Waals surface area contributed by atoms with Crippen LogP contribution in [0.5, 0.6) is 0 Å². The van der Waals surface area contributed by atoms with Gasteiger partial charge in [-0.15, -0.1) is 15.3 Å². The number of hydrogen-bond donors (Lipinski definition) is 1. The van der Waals surface area contributed by atoms with E-state index in [-0.39, 0.29) is 0 Å². The van der Waals surface area contributed by atoms with Crippen LogP contribution in [0, 0.1) is 0 Å². The topological polar surface area (TPSA) is 86.3 Å². The maximum absolute atomic E-state index is 4.08. The second-order valence-corrected chi connectivity index (χ2v) is 4.14. The van der Waals surface area contributed by atoms with Crippen LogP contribution in [0.3, 0.4) is 0 Å². The normalized spacial score (nSPS) is 11.3. The van der Waals surface area contributed by atoms with Crippen LogP contribution < -0.4 is 5.32 Å². The van der Waals surface area contributed by atoms with Gasteiger partial charge in [0.1, 0.15) is 6.54 Å². The number of aryl methyl sites for hydroxylation is 1. The SMILES string of the molecule is CC(C)NCc1cn(Cc2nnn(C)n2)nn1. The Morgan fingerprint density at radius 3 is 2.76 bits per heavy atom. The maximum Gasteiger partial charge on any atom is 0.196 e. The summed E-state index contributed by atoms with van der Waals surface area (Å²) in [5.74, 6) is 0.626. The summed E-state index contributed by atoms with van der Waals surface area (Å²) in [6, 6.07) is 0.432. The lowest BCUT2D eigenvalue weighted by molar-refractivity contribution is 0.580. The van der Waals surface area contributed by atoms with E-state index in [1.54, 1.807) is 11.7 Å². The molecule has 0 bridgehead atoms. The van der Waals surface area contributed by atoms with Crippen molar-refractivity contribution in [2.75, 3.05) is 0 Å². The first kappa shape index (κ1) is 11.6. The van der Waals surface area contributed by atoms with Crippen LogP contribution in [0.2, 0.25) is 0 Å². The van der Waals surface area contributed by atoms with Crippen LogP contribution in [0.1, 0.15) is 25.4 Å². The molecule has 0 amide bonds. The average molecular weight is 236 g/mol. The van der Waals surface area contributed by atoms with Crippen LogP contribution in [-0.2, 0) is 20.1 Å². The van der Waals surface area contributed by atoms with Crippen LogP contribution in [0.4, 0.5) is 0 Å². The maximum atomic E-state index is 4.08. The Hall–Kier alpha value is -1.83. The molecule has 17 heavy (non-hydrogen) atoms. The third kappa shape index (κ3) is 3.31. The Bertz CT molecular complexity index is 471. The molecule has 0 atom stereocenters. The molecule has 2 aromatic rings. The minimum Gasteiger partial charge on any atom is -0.309 e. The van der Waals surface area contributed by atoms with Gasteiger partial charge in [-0.25, -0.2) is 4.68 Å². The Labute approximate surface area is 99.0 Å². The van der Waals surface area contributed by atoms with E-state index in [2.05, 4.69) is 44.9 Å². The smallest absolute Gasteiger partial charge is 0.196 e. The predicted octanol–water partition coefficient (Wildman–Crippen LogP) is -0.652. The Morgan fingerprint density at radius 2 is 2.12 bits per heavy atom. The molecule has 0 aliphatic rings. The van der Waals surface area contributed by atoms with Gasteiger partial charge in [0.15, 0.2) is 5.82 Å². The van der Waals surface area contributed by atoms with E-state index in [0.29, 0.717) is 25.0 Å². The Balaban J connectivity index is 1.94. The summed E-state index contributed by atoms with van der Waals surface area (Å²) in [5.41, 5.74) is 0.905. The van der Waals surface area contributed by atoms with Crippen LogP contribution >= 0.6 is 0 Å². The van der Waals surface area contributed by atoms with Crippen LogP contribution in [-0.4, -0.2) is 41.2 Å². The van der Waals surface area contributed by atoms with Gasteiger partial charge in [-0.05, 0) is 5.21 Å². The summed E-state index contributed by atoms with van der Waals surface area (Å²) < 4.78 is 1.70. The van der Waals surface area contributed by atoms with Gasteiger partial charge in [0.25, 0.3) is 0 Å². The van der Waals surface area contributed by atoms with E-state index in [4.69, 9.17) is 0 Å². The Kier molecular flexibility index (Phi) is 3.43. The number of aromatic nitrogens is 7. The first-order valence-electron chi connectivity index (χ1n) is 5.49. The van der Waals surface area contributed by atoms with Crippen molar-refractivity contribution >= 4 is 0 Å². The first-order valence-corrected chi connectivity index (χ1v) is 5.49. The average Bonchev–Trinajstić information content (AvgIpc) is 2.86. The van der Waals surface area contributed by atoms with Crippen molar-refractivity contribution in [2.24, 2.45) is 7.05 Å². The number of nitrogens with zero attached hydrogens (tertiary/aromatic N) is 7. The predicted molar refractivity (Wildman–Crippen MR) is 59.9 cm³/mol. The highest BCUT2D eigenvalue weighted by Crippen LogP contribution is 1.96. The zero-order valence-electron chi connectivity index (χ0n) is 10.2. The molecular weight excluding hydrogens is 220 g/mol. The fraction of sp³-hybridized carbons (Fsp3) is 0.667. The van der Waals surface area contributed by atoms with E-state index in [1.807, 2.05) is 6.20 Å². The lowest BCUT2D eigenvalue weighted by Crippen LogP contribution is -2.21. The van der Waals surface area contributed by atoms with Gasteiger partial charge in [-0.3, -0.25) is 0 Å². The molecule has 0 radical (unpaired) electrons. The van der Waals surface area contributed by atoms with Gasteiger partial charge in [0.05, 0.1) is 18.9 Å². The first-order chi connectivity index (χ1) is 8.13. The molecule has 0 unspecified atom stereocenters. The van der Waals surface area contributed by atoms with Gasteiger partial charge in [-0.1, -0.05) is 19.1 Å². The molecule has 0 aromatic carbocycles. The largest absolute Gasteiger partial charge is 0.309 e. The molecule has 0 aliphatic heterocycles. The van der Waals surface area contributed by atoms with Crippen molar-refractivity contribution in [3.05, 3.63) is 17.7 Å². The highest BCUT2D eigenvalue weighted by Gasteiger charge is 2.05. The van der Waals surface area contributed by atoms with E-state index < -0.39 is 0 Å². The number of rotatable bonds is 5. The highest BCUT2D eigenvalue weighted by molar-refractivity contribution is 4.93. The quantitative estimate of drug-likeness (QED) is 0.742. The van der Waals surface area contributed by atoms with Gasteiger partial charge in [0.2, 0.25) is 0 Å². The molecule has 1 N–H and O–H groups in total. The van der Waals surface area contributed by atoms with Crippen molar-refractivity contribution in [3.63, 3.8) is 0 Å². The van der Waals surface area contributed by atoms with Crippen molar-refractivity contribution < 1.29 is 0 Å². The van der Waals surface area contributed by atoms with Crippen molar-refractivity contribution in [2.45, 2.75) is 33.0 Å². The molecule has 0 saturated heterocycles. The van der Waals surface area contributed by atoms with Gasteiger partial charge >= 0.3 is 0 Å². The summed E-state index contributed by atoms with van der Waals surface area (Å²) in [4.78, 5) is 1.42. The van der Waals surface area contributed by atoms with Gasteiger partial charge in [-0.2, -0.15) is 4.80 Å². The van der Waals surface area contributed by atoms with E-state index >= 15 is 0 Å². The van der Waals surface area contributed by atoms with E-state index in [0.717, 1.165) is 5.69 Å². The lowest BCUT2D eigenvalue weighted by atomic mass is 10.3. The monoisotopic (exact) mass is 236 g/mol. The second-order valence-electron chi connectivity index (χ2n) is 4.14. The highest BCUT2D eigenvalue weighted by atomic mass is 15.6. The minimum absolute atomic E-state index is 0.432. The molecule has 8 nitrogen and oxygen atoms in total. The molecule has 8 heteroatoms. The van der Waals surface area contributed by atoms with Crippen molar-refractivity contribution in [1.82, 2.24) is 40.5 Å². The standard InChI is InChI=1S/C9H16N8/c1-7(2)10-4-8-5-17(15-11-8)6-9-12-14-16(3)13-9/h5,7,10H,4,6H2,1-3H3. The third-order valence-electron chi connectivity index (χ3n) is 2.13.